The Balaban J connectivity index is 1.80. The number of carboxylic acid groups (broad SMARTS) is 1. The van der Waals surface area contributed by atoms with Crippen LogP contribution in [0.5, 0.6) is 0 Å². The first-order valence-corrected chi connectivity index (χ1v) is 8.40. The summed E-state index contributed by atoms with van der Waals surface area (Å²) in [5, 5.41) is 9.65. The summed E-state index contributed by atoms with van der Waals surface area (Å²) in [7, 11) is 0. The van der Waals surface area contributed by atoms with Crippen LogP contribution < -0.4 is 0 Å². The third kappa shape index (κ3) is 2.88. The maximum absolute atomic E-state index is 12.8. The molecule has 1 aromatic rings. The maximum Gasteiger partial charge on any atom is 0.326 e. The standard InChI is InChI=1S/C18H22N2O4/c1-12-16(21)19-11-5-8-14(19)17(22)20(12)15(18(23)24)10-9-13-6-3-2-4-7-13/h2-4,6-7,12,14-15H,5,8-11H2,1H3,(H,23,24)/t12?,14?,15-/m0/s1. The van der Waals surface area contributed by atoms with Crippen molar-refractivity contribution in [2.75, 3.05) is 6.54 Å². The van der Waals surface area contributed by atoms with Gasteiger partial charge in [0.05, 0.1) is 0 Å². The van der Waals surface area contributed by atoms with Gasteiger partial charge in [-0.2, -0.15) is 0 Å². The molecule has 0 aliphatic carbocycles. The fraction of sp³-hybridized carbons (Fsp3) is 0.500. The molecule has 2 aliphatic heterocycles. The number of hydrogen-bond acceptors (Lipinski definition) is 3. The average molecular weight is 330 g/mol. The second-order valence-corrected chi connectivity index (χ2v) is 6.49. The molecule has 2 aliphatic rings. The molecule has 0 aromatic heterocycles. The van der Waals surface area contributed by atoms with E-state index in [1.165, 1.54) is 4.90 Å². The molecule has 6 nitrogen and oxygen atoms in total. The quantitative estimate of drug-likeness (QED) is 0.882. The van der Waals surface area contributed by atoms with Gasteiger partial charge in [-0.3, -0.25) is 9.59 Å². The van der Waals surface area contributed by atoms with Gasteiger partial charge in [0, 0.05) is 6.54 Å². The lowest BCUT2D eigenvalue weighted by Gasteiger charge is -2.43. The molecule has 1 aromatic carbocycles. The SMILES string of the molecule is CC1C(=O)N2CCCC2C(=O)N1[C@@H](CCc1ccccc1)C(=O)O. The van der Waals surface area contributed by atoms with E-state index in [4.69, 9.17) is 0 Å². The molecule has 2 fully saturated rings. The van der Waals surface area contributed by atoms with E-state index in [0.29, 0.717) is 25.8 Å². The van der Waals surface area contributed by atoms with Crippen molar-refractivity contribution in [1.82, 2.24) is 9.80 Å². The van der Waals surface area contributed by atoms with E-state index >= 15 is 0 Å². The lowest BCUT2D eigenvalue weighted by molar-refractivity contribution is -0.166. The van der Waals surface area contributed by atoms with Crippen molar-refractivity contribution in [1.29, 1.82) is 0 Å². The van der Waals surface area contributed by atoms with Crippen molar-refractivity contribution in [2.24, 2.45) is 0 Å². The van der Waals surface area contributed by atoms with Crippen LogP contribution in [-0.4, -0.2) is 57.4 Å². The van der Waals surface area contributed by atoms with Crippen LogP contribution in [0.15, 0.2) is 30.3 Å². The number of carbonyl (C=O) groups is 3. The van der Waals surface area contributed by atoms with Crippen molar-refractivity contribution in [3.8, 4) is 0 Å². The Morgan fingerprint density at radius 1 is 1.25 bits per heavy atom. The van der Waals surface area contributed by atoms with Gasteiger partial charge in [-0.05, 0) is 38.2 Å². The topological polar surface area (TPSA) is 77.9 Å². The molecule has 128 valence electrons. The largest absolute Gasteiger partial charge is 0.480 e. The summed E-state index contributed by atoms with van der Waals surface area (Å²) < 4.78 is 0. The van der Waals surface area contributed by atoms with E-state index in [1.807, 2.05) is 30.3 Å². The van der Waals surface area contributed by atoms with Crippen LogP contribution in [0.25, 0.3) is 0 Å². The first-order chi connectivity index (χ1) is 11.5. The summed E-state index contributed by atoms with van der Waals surface area (Å²) >= 11 is 0. The molecule has 2 heterocycles. The highest BCUT2D eigenvalue weighted by Crippen LogP contribution is 2.29. The van der Waals surface area contributed by atoms with E-state index in [9.17, 15) is 19.5 Å². The van der Waals surface area contributed by atoms with Crippen molar-refractivity contribution in [2.45, 2.75) is 50.7 Å². The van der Waals surface area contributed by atoms with E-state index in [-0.39, 0.29) is 11.8 Å². The van der Waals surface area contributed by atoms with Crippen LogP contribution in [0, 0.1) is 0 Å². The predicted molar refractivity (Wildman–Crippen MR) is 87.2 cm³/mol. The lowest BCUT2D eigenvalue weighted by Crippen LogP contribution is -2.65. The van der Waals surface area contributed by atoms with Gasteiger partial charge in [0.2, 0.25) is 11.8 Å². The van der Waals surface area contributed by atoms with Gasteiger partial charge in [0.15, 0.2) is 0 Å². The van der Waals surface area contributed by atoms with Crippen LogP contribution in [0.4, 0.5) is 0 Å². The molecule has 0 bridgehead atoms. The number of piperazine rings is 1. The number of carbonyl (C=O) groups excluding carboxylic acids is 2. The Hall–Kier alpha value is -2.37. The van der Waals surface area contributed by atoms with Crippen molar-refractivity contribution in [3.63, 3.8) is 0 Å². The summed E-state index contributed by atoms with van der Waals surface area (Å²) in [5.74, 6) is -1.41. The number of benzene rings is 1. The van der Waals surface area contributed by atoms with Crippen LogP contribution in [0.1, 0.15) is 31.7 Å². The summed E-state index contributed by atoms with van der Waals surface area (Å²) in [6.45, 7) is 2.22. The van der Waals surface area contributed by atoms with Crippen LogP contribution in [0.2, 0.25) is 0 Å². The molecular weight excluding hydrogens is 308 g/mol. The fourth-order valence-corrected chi connectivity index (χ4v) is 3.76. The molecule has 0 saturated carbocycles. The fourth-order valence-electron chi connectivity index (χ4n) is 3.76. The van der Waals surface area contributed by atoms with E-state index in [1.54, 1.807) is 11.8 Å². The van der Waals surface area contributed by atoms with Crippen molar-refractivity contribution < 1.29 is 19.5 Å². The third-order valence-electron chi connectivity index (χ3n) is 5.02. The molecule has 2 unspecified atom stereocenters. The Morgan fingerprint density at radius 3 is 2.62 bits per heavy atom. The van der Waals surface area contributed by atoms with Gasteiger partial charge < -0.3 is 14.9 Å². The molecule has 0 radical (unpaired) electrons. The molecule has 2 saturated heterocycles. The van der Waals surface area contributed by atoms with Crippen molar-refractivity contribution in [3.05, 3.63) is 35.9 Å². The van der Waals surface area contributed by atoms with Crippen LogP contribution >= 0.6 is 0 Å². The van der Waals surface area contributed by atoms with Gasteiger partial charge in [0.1, 0.15) is 18.1 Å². The lowest BCUT2D eigenvalue weighted by atomic mass is 9.98. The van der Waals surface area contributed by atoms with Gasteiger partial charge in [-0.25, -0.2) is 4.79 Å². The number of amides is 2. The average Bonchev–Trinajstić information content (AvgIpc) is 3.06. The summed E-state index contributed by atoms with van der Waals surface area (Å²) in [4.78, 5) is 40.0. The minimum Gasteiger partial charge on any atom is -0.480 e. The predicted octanol–water partition coefficient (Wildman–Crippen LogP) is 1.29. The first-order valence-electron chi connectivity index (χ1n) is 8.40. The number of nitrogens with zero attached hydrogens (tertiary/aromatic N) is 2. The second kappa shape index (κ2) is 6.63. The highest BCUT2D eigenvalue weighted by atomic mass is 16.4. The minimum atomic E-state index is -1.05. The smallest absolute Gasteiger partial charge is 0.326 e. The van der Waals surface area contributed by atoms with E-state index in [2.05, 4.69) is 0 Å². The molecule has 2 amide bonds. The van der Waals surface area contributed by atoms with Gasteiger partial charge in [-0.1, -0.05) is 30.3 Å². The van der Waals surface area contributed by atoms with Gasteiger partial charge in [0.25, 0.3) is 0 Å². The van der Waals surface area contributed by atoms with Gasteiger partial charge in [-0.15, -0.1) is 0 Å². The molecule has 24 heavy (non-hydrogen) atoms. The Bertz CT molecular complexity index is 646. The first kappa shape index (κ1) is 16.5. The molecule has 6 heteroatoms. The minimum absolute atomic E-state index is 0.136. The number of fused-ring (bicyclic) bond motifs is 1. The number of hydrogen-bond donors (Lipinski definition) is 1. The molecule has 3 atom stereocenters. The third-order valence-corrected chi connectivity index (χ3v) is 5.02. The van der Waals surface area contributed by atoms with Gasteiger partial charge >= 0.3 is 5.97 Å². The van der Waals surface area contributed by atoms with Crippen LogP contribution in [-0.2, 0) is 20.8 Å². The second-order valence-electron chi connectivity index (χ2n) is 6.49. The summed E-state index contributed by atoms with van der Waals surface area (Å²) in [6, 6.07) is 7.41. The highest BCUT2D eigenvalue weighted by Gasteiger charge is 2.49. The molecule has 1 N–H and O–H groups in total. The normalized spacial score (nSPS) is 24.9. The van der Waals surface area contributed by atoms with E-state index in [0.717, 1.165) is 12.0 Å². The number of carboxylic acids is 1. The monoisotopic (exact) mass is 330 g/mol. The zero-order valence-corrected chi connectivity index (χ0v) is 13.7. The number of aryl methyl sites for hydroxylation is 1. The molecule has 3 rings (SSSR count). The van der Waals surface area contributed by atoms with Crippen molar-refractivity contribution >= 4 is 17.8 Å². The van der Waals surface area contributed by atoms with E-state index < -0.39 is 24.1 Å². The Labute approximate surface area is 141 Å². The number of rotatable bonds is 5. The summed E-state index contributed by atoms with van der Waals surface area (Å²) in [6.07, 6.45) is 2.27. The molecule has 0 spiro atoms. The van der Waals surface area contributed by atoms with Crippen LogP contribution in [0.3, 0.4) is 0 Å². The Morgan fingerprint density at radius 2 is 1.96 bits per heavy atom. The highest BCUT2D eigenvalue weighted by molar-refractivity contribution is 5.99. The zero-order valence-electron chi connectivity index (χ0n) is 13.7. The Kier molecular flexibility index (Phi) is 4.55. The number of aliphatic carboxylic acids is 1. The summed E-state index contributed by atoms with van der Waals surface area (Å²) in [5.41, 5.74) is 1.02. The maximum atomic E-state index is 12.8. The molecular formula is C18H22N2O4. The zero-order chi connectivity index (χ0) is 17.3.